The van der Waals surface area contributed by atoms with Crippen molar-refractivity contribution in [2.45, 2.75) is 33.3 Å². The van der Waals surface area contributed by atoms with Crippen molar-refractivity contribution < 1.29 is 9.53 Å². The minimum atomic E-state index is -0.0497. The molecule has 0 aromatic heterocycles. The van der Waals surface area contributed by atoms with Gasteiger partial charge in [0.2, 0.25) is 0 Å². The van der Waals surface area contributed by atoms with Gasteiger partial charge in [0.05, 0.1) is 17.4 Å². The largest absolute Gasteiger partial charge is 0.488 e. The Hall–Kier alpha value is -1.03. The molecule has 1 aromatic rings. The number of rotatable bonds is 4. The van der Waals surface area contributed by atoms with Crippen LogP contribution in [0, 0.1) is 0 Å². The van der Waals surface area contributed by atoms with Gasteiger partial charge in [-0.3, -0.25) is 4.79 Å². The molecule has 0 aliphatic rings. The van der Waals surface area contributed by atoms with Crippen molar-refractivity contribution in [2.24, 2.45) is 0 Å². The molecule has 0 saturated heterocycles. The zero-order valence-corrected chi connectivity index (χ0v) is 11.3. The van der Waals surface area contributed by atoms with E-state index < -0.39 is 0 Å². The van der Waals surface area contributed by atoms with Crippen LogP contribution in [0.1, 0.15) is 37.6 Å². The van der Waals surface area contributed by atoms with E-state index in [0.717, 1.165) is 10.9 Å². The second kappa shape index (κ2) is 5.34. The number of hydrogen-bond donors (Lipinski definition) is 1. The highest BCUT2D eigenvalue weighted by Crippen LogP contribution is 2.32. The lowest BCUT2D eigenvalue weighted by atomic mass is 10.1. The number of benzene rings is 1. The molecule has 0 bridgehead atoms. The fourth-order valence-electron chi connectivity index (χ4n) is 1.29. The van der Waals surface area contributed by atoms with E-state index in [-0.39, 0.29) is 11.9 Å². The summed E-state index contributed by atoms with van der Waals surface area (Å²) in [5, 5.41) is 0. The van der Waals surface area contributed by atoms with Crippen molar-refractivity contribution in [1.29, 1.82) is 0 Å². The fraction of sp³-hybridized carbons (Fsp3) is 0.417. The van der Waals surface area contributed by atoms with Crippen LogP contribution in [0.15, 0.2) is 16.6 Å². The van der Waals surface area contributed by atoms with Gasteiger partial charge in [0.1, 0.15) is 0 Å². The maximum atomic E-state index is 11.5. The van der Waals surface area contributed by atoms with Crippen LogP contribution in [0.3, 0.4) is 0 Å². The average Bonchev–Trinajstić information content (AvgIpc) is 2.20. The number of nitrogens with two attached hydrogens (primary N) is 1. The van der Waals surface area contributed by atoms with E-state index in [1.807, 2.05) is 13.8 Å². The number of ether oxygens (including phenoxy) is 1. The standard InChI is InChI=1S/C12H16BrNO2/c1-4-7(2)16-12-10(8(3)15)5-9(13)6-11(12)14/h5-7H,4,14H2,1-3H3. The Morgan fingerprint density at radius 3 is 2.69 bits per heavy atom. The minimum absolute atomic E-state index is 0.0431. The highest BCUT2D eigenvalue weighted by atomic mass is 79.9. The highest BCUT2D eigenvalue weighted by molar-refractivity contribution is 9.10. The third-order valence-electron chi connectivity index (χ3n) is 2.36. The first-order valence-corrected chi connectivity index (χ1v) is 6.01. The van der Waals surface area contributed by atoms with Gasteiger partial charge in [-0.25, -0.2) is 0 Å². The minimum Gasteiger partial charge on any atom is -0.488 e. The molecule has 3 nitrogen and oxygen atoms in total. The van der Waals surface area contributed by atoms with Gasteiger partial charge >= 0.3 is 0 Å². The Labute approximate surface area is 104 Å². The quantitative estimate of drug-likeness (QED) is 0.681. The van der Waals surface area contributed by atoms with E-state index in [0.29, 0.717) is 17.0 Å². The van der Waals surface area contributed by atoms with Crippen molar-refractivity contribution in [3.8, 4) is 5.75 Å². The number of halogens is 1. The first-order valence-electron chi connectivity index (χ1n) is 5.22. The lowest BCUT2D eigenvalue weighted by Crippen LogP contribution is -2.13. The molecule has 1 aromatic carbocycles. The molecule has 0 fully saturated rings. The van der Waals surface area contributed by atoms with E-state index in [1.54, 1.807) is 12.1 Å². The Kier molecular flexibility index (Phi) is 4.35. The third kappa shape index (κ3) is 2.98. The lowest BCUT2D eigenvalue weighted by molar-refractivity contribution is 0.101. The molecule has 0 heterocycles. The van der Waals surface area contributed by atoms with Gasteiger partial charge in [-0.05, 0) is 32.4 Å². The van der Waals surface area contributed by atoms with E-state index >= 15 is 0 Å². The van der Waals surface area contributed by atoms with Crippen molar-refractivity contribution in [3.63, 3.8) is 0 Å². The monoisotopic (exact) mass is 285 g/mol. The molecule has 0 spiro atoms. The molecule has 0 amide bonds. The number of anilines is 1. The summed E-state index contributed by atoms with van der Waals surface area (Å²) >= 11 is 3.31. The molecule has 2 N–H and O–H groups in total. The van der Waals surface area contributed by atoms with Crippen molar-refractivity contribution in [1.82, 2.24) is 0 Å². The van der Waals surface area contributed by atoms with Crippen LogP contribution < -0.4 is 10.5 Å². The summed E-state index contributed by atoms with van der Waals surface area (Å²) in [4.78, 5) is 11.5. The van der Waals surface area contributed by atoms with E-state index in [1.165, 1.54) is 6.92 Å². The van der Waals surface area contributed by atoms with Gasteiger partial charge in [0, 0.05) is 4.47 Å². The van der Waals surface area contributed by atoms with Crippen molar-refractivity contribution in [2.75, 3.05) is 5.73 Å². The molecule has 1 atom stereocenters. The van der Waals surface area contributed by atoms with Gasteiger partial charge in [-0.2, -0.15) is 0 Å². The topological polar surface area (TPSA) is 52.3 Å². The van der Waals surface area contributed by atoms with Crippen LogP contribution in [0.2, 0.25) is 0 Å². The molecular weight excluding hydrogens is 270 g/mol. The molecule has 0 aliphatic carbocycles. The lowest BCUT2D eigenvalue weighted by Gasteiger charge is -2.17. The second-order valence-electron chi connectivity index (χ2n) is 3.76. The average molecular weight is 286 g/mol. The Balaban J connectivity index is 3.19. The fourth-order valence-corrected chi connectivity index (χ4v) is 1.77. The van der Waals surface area contributed by atoms with Crippen LogP contribution in [0.4, 0.5) is 5.69 Å². The van der Waals surface area contributed by atoms with Gasteiger partial charge in [-0.15, -0.1) is 0 Å². The summed E-state index contributed by atoms with van der Waals surface area (Å²) in [7, 11) is 0. The maximum absolute atomic E-state index is 11.5. The third-order valence-corrected chi connectivity index (χ3v) is 2.81. The number of hydrogen-bond acceptors (Lipinski definition) is 3. The van der Waals surface area contributed by atoms with Gasteiger partial charge in [0.15, 0.2) is 11.5 Å². The summed E-state index contributed by atoms with van der Waals surface area (Å²) < 4.78 is 6.46. The van der Waals surface area contributed by atoms with Crippen LogP contribution in [-0.2, 0) is 0 Å². The summed E-state index contributed by atoms with van der Waals surface area (Å²) in [5.41, 5.74) is 6.86. The number of carbonyl (C=O) groups excluding carboxylic acids is 1. The number of Topliss-reactive ketones (excluding diaryl/α,β-unsaturated/α-hetero) is 1. The van der Waals surface area contributed by atoms with Crippen LogP contribution in [0.5, 0.6) is 5.75 Å². The number of nitrogen functional groups attached to an aromatic ring is 1. The first-order chi connectivity index (χ1) is 7.45. The van der Waals surface area contributed by atoms with Gasteiger partial charge in [0.25, 0.3) is 0 Å². The van der Waals surface area contributed by atoms with E-state index in [4.69, 9.17) is 10.5 Å². The highest BCUT2D eigenvalue weighted by Gasteiger charge is 2.15. The number of carbonyl (C=O) groups is 1. The number of ketones is 1. The van der Waals surface area contributed by atoms with Gasteiger partial charge < -0.3 is 10.5 Å². The molecule has 1 unspecified atom stereocenters. The van der Waals surface area contributed by atoms with Gasteiger partial charge in [-0.1, -0.05) is 22.9 Å². The molecule has 4 heteroatoms. The Morgan fingerprint density at radius 1 is 1.56 bits per heavy atom. The second-order valence-corrected chi connectivity index (χ2v) is 4.68. The molecule has 0 radical (unpaired) electrons. The Morgan fingerprint density at radius 2 is 2.19 bits per heavy atom. The zero-order chi connectivity index (χ0) is 12.3. The molecule has 16 heavy (non-hydrogen) atoms. The maximum Gasteiger partial charge on any atom is 0.163 e. The van der Waals surface area contributed by atoms with E-state index in [2.05, 4.69) is 15.9 Å². The summed E-state index contributed by atoms with van der Waals surface area (Å²) in [6.07, 6.45) is 0.911. The molecule has 88 valence electrons. The first kappa shape index (κ1) is 13.0. The van der Waals surface area contributed by atoms with Crippen molar-refractivity contribution in [3.05, 3.63) is 22.2 Å². The summed E-state index contributed by atoms with van der Waals surface area (Å²) in [6, 6.07) is 3.47. The predicted molar refractivity (Wildman–Crippen MR) is 68.9 cm³/mol. The SMILES string of the molecule is CCC(C)Oc1c(N)cc(Br)cc1C(C)=O. The predicted octanol–water partition coefficient (Wildman–Crippen LogP) is 3.41. The van der Waals surface area contributed by atoms with Crippen LogP contribution in [-0.4, -0.2) is 11.9 Å². The molecule has 0 aliphatic heterocycles. The normalized spacial score (nSPS) is 12.2. The molecule has 1 rings (SSSR count). The zero-order valence-electron chi connectivity index (χ0n) is 9.71. The molecular formula is C12H16BrNO2. The van der Waals surface area contributed by atoms with Crippen LogP contribution >= 0.6 is 15.9 Å². The van der Waals surface area contributed by atoms with Crippen molar-refractivity contribution >= 4 is 27.4 Å². The van der Waals surface area contributed by atoms with E-state index in [9.17, 15) is 4.79 Å². The Bertz CT molecular complexity index is 404. The smallest absolute Gasteiger partial charge is 0.163 e. The summed E-state index contributed by atoms with van der Waals surface area (Å²) in [5.74, 6) is 0.441. The molecule has 0 saturated carbocycles. The van der Waals surface area contributed by atoms with Crippen LogP contribution in [0.25, 0.3) is 0 Å². The summed E-state index contributed by atoms with van der Waals surface area (Å²) in [6.45, 7) is 5.48.